The summed E-state index contributed by atoms with van der Waals surface area (Å²) in [5.74, 6) is 1.75. The molecule has 0 aliphatic carbocycles. The molecule has 0 heterocycles. The highest BCUT2D eigenvalue weighted by atomic mass is 127. The van der Waals surface area contributed by atoms with Gasteiger partial charge in [-0.1, -0.05) is 18.2 Å². The number of amides is 1. The van der Waals surface area contributed by atoms with Crippen molar-refractivity contribution in [2.24, 2.45) is 4.99 Å². The van der Waals surface area contributed by atoms with E-state index < -0.39 is 0 Å². The summed E-state index contributed by atoms with van der Waals surface area (Å²) in [6.07, 6.45) is 1.01. The lowest BCUT2D eigenvalue weighted by atomic mass is 10.1. The third-order valence-corrected chi connectivity index (χ3v) is 4.56. The van der Waals surface area contributed by atoms with Gasteiger partial charge in [-0.05, 0) is 55.7 Å². The molecular weight excluding hydrogens is 538 g/mol. The van der Waals surface area contributed by atoms with Gasteiger partial charge < -0.3 is 25.4 Å². The minimum atomic E-state index is -0.311. The molecule has 0 aliphatic heterocycles. The van der Waals surface area contributed by atoms with E-state index in [9.17, 15) is 9.18 Å². The minimum Gasteiger partial charge on any atom is -0.490 e. The number of halogens is 2. The Morgan fingerprint density at radius 1 is 0.879 bits per heavy atom. The number of aliphatic imine (C=N–C) groups is 1. The summed E-state index contributed by atoms with van der Waals surface area (Å²) >= 11 is 0. The first-order valence-corrected chi connectivity index (χ1v) is 10.9. The normalized spacial score (nSPS) is 10.7. The van der Waals surface area contributed by atoms with Crippen molar-refractivity contribution in [3.8, 4) is 11.5 Å². The molecule has 0 aromatic heterocycles. The van der Waals surface area contributed by atoms with Crippen LogP contribution in [0.25, 0.3) is 0 Å². The van der Waals surface area contributed by atoms with Gasteiger partial charge in [0.2, 0.25) is 5.91 Å². The third kappa shape index (κ3) is 10.7. The molecule has 0 aliphatic rings. The molecule has 2 aromatic carbocycles. The van der Waals surface area contributed by atoms with Gasteiger partial charge in [-0.15, -0.1) is 24.0 Å². The van der Waals surface area contributed by atoms with Gasteiger partial charge in [-0.2, -0.15) is 0 Å². The maximum absolute atomic E-state index is 12.9. The average molecular weight is 572 g/mol. The van der Waals surface area contributed by atoms with Crippen LogP contribution in [-0.2, 0) is 17.6 Å². The number of hydrogen-bond acceptors (Lipinski definition) is 4. The second-order valence-electron chi connectivity index (χ2n) is 6.98. The SMILES string of the molecule is CCOc1ccc(CCNC(=NC)NCCNC(=O)Cc2ccc(F)cc2)cc1OCC.I. The summed E-state index contributed by atoms with van der Waals surface area (Å²) in [7, 11) is 1.70. The lowest BCUT2D eigenvalue weighted by Gasteiger charge is -2.14. The maximum Gasteiger partial charge on any atom is 0.224 e. The largest absolute Gasteiger partial charge is 0.490 e. The molecule has 2 rings (SSSR count). The molecule has 0 spiro atoms. The molecule has 2 aromatic rings. The van der Waals surface area contributed by atoms with E-state index in [0.717, 1.165) is 29.0 Å². The van der Waals surface area contributed by atoms with Crippen molar-refractivity contribution < 1.29 is 18.7 Å². The van der Waals surface area contributed by atoms with Crippen LogP contribution in [0.15, 0.2) is 47.5 Å². The van der Waals surface area contributed by atoms with Crippen LogP contribution in [0.2, 0.25) is 0 Å². The zero-order valence-electron chi connectivity index (χ0n) is 19.4. The first-order chi connectivity index (χ1) is 15.5. The Labute approximate surface area is 212 Å². The highest BCUT2D eigenvalue weighted by Crippen LogP contribution is 2.28. The minimum absolute atomic E-state index is 0. The van der Waals surface area contributed by atoms with E-state index in [0.29, 0.717) is 38.8 Å². The van der Waals surface area contributed by atoms with Gasteiger partial charge >= 0.3 is 0 Å². The molecule has 33 heavy (non-hydrogen) atoms. The Hall–Kier alpha value is -2.56. The number of carbonyl (C=O) groups excluding carboxylic acids is 1. The number of carbonyl (C=O) groups is 1. The van der Waals surface area contributed by atoms with Gasteiger partial charge in [0.15, 0.2) is 17.5 Å². The molecule has 0 atom stereocenters. The van der Waals surface area contributed by atoms with Crippen LogP contribution in [0.3, 0.4) is 0 Å². The van der Waals surface area contributed by atoms with Crippen molar-refractivity contribution in [3.63, 3.8) is 0 Å². The van der Waals surface area contributed by atoms with Crippen molar-refractivity contribution >= 4 is 35.8 Å². The van der Waals surface area contributed by atoms with E-state index in [-0.39, 0.29) is 42.1 Å². The van der Waals surface area contributed by atoms with Crippen molar-refractivity contribution in [3.05, 3.63) is 59.4 Å². The van der Waals surface area contributed by atoms with Crippen LogP contribution in [-0.4, -0.2) is 51.8 Å². The van der Waals surface area contributed by atoms with Gasteiger partial charge in [0.05, 0.1) is 19.6 Å². The first-order valence-electron chi connectivity index (χ1n) is 10.9. The molecule has 3 N–H and O–H groups in total. The lowest BCUT2D eigenvalue weighted by Crippen LogP contribution is -2.42. The third-order valence-electron chi connectivity index (χ3n) is 4.56. The van der Waals surface area contributed by atoms with Crippen molar-refractivity contribution in [1.29, 1.82) is 0 Å². The smallest absolute Gasteiger partial charge is 0.224 e. The van der Waals surface area contributed by atoms with Crippen LogP contribution >= 0.6 is 24.0 Å². The molecule has 7 nitrogen and oxygen atoms in total. The first kappa shape index (κ1) is 28.5. The van der Waals surface area contributed by atoms with Gasteiger partial charge in [0.25, 0.3) is 0 Å². The highest BCUT2D eigenvalue weighted by molar-refractivity contribution is 14.0. The molecule has 0 unspecified atom stereocenters. The molecule has 0 fully saturated rings. The van der Waals surface area contributed by atoms with E-state index in [2.05, 4.69) is 20.9 Å². The topological polar surface area (TPSA) is 84.0 Å². The summed E-state index contributed by atoms with van der Waals surface area (Å²) in [4.78, 5) is 16.2. The summed E-state index contributed by atoms with van der Waals surface area (Å²) in [6.45, 7) is 6.75. The molecule has 182 valence electrons. The number of hydrogen-bond donors (Lipinski definition) is 3. The molecule has 0 saturated heterocycles. The quantitative estimate of drug-likeness (QED) is 0.157. The second-order valence-corrected chi connectivity index (χ2v) is 6.98. The lowest BCUT2D eigenvalue weighted by molar-refractivity contribution is -0.120. The van der Waals surface area contributed by atoms with E-state index in [1.54, 1.807) is 19.2 Å². The van der Waals surface area contributed by atoms with Gasteiger partial charge in [-0.25, -0.2) is 4.39 Å². The summed E-state index contributed by atoms with van der Waals surface area (Å²) in [6, 6.07) is 11.9. The fourth-order valence-corrected chi connectivity index (χ4v) is 3.03. The number of guanidine groups is 1. The van der Waals surface area contributed by atoms with Crippen LogP contribution < -0.4 is 25.4 Å². The number of rotatable bonds is 12. The zero-order chi connectivity index (χ0) is 23.2. The van der Waals surface area contributed by atoms with E-state index in [1.807, 2.05) is 32.0 Å². The fourth-order valence-electron chi connectivity index (χ4n) is 3.03. The predicted molar refractivity (Wildman–Crippen MR) is 140 cm³/mol. The Balaban J connectivity index is 0.00000544. The number of nitrogens with one attached hydrogen (secondary N) is 3. The van der Waals surface area contributed by atoms with E-state index >= 15 is 0 Å². The highest BCUT2D eigenvalue weighted by Gasteiger charge is 2.07. The van der Waals surface area contributed by atoms with Crippen molar-refractivity contribution in [2.75, 3.05) is 39.9 Å². The Kier molecular flexibility index (Phi) is 13.9. The van der Waals surface area contributed by atoms with Crippen molar-refractivity contribution in [2.45, 2.75) is 26.7 Å². The zero-order valence-corrected chi connectivity index (χ0v) is 21.8. The fraction of sp³-hybridized carbons (Fsp3) is 0.417. The molecule has 9 heteroatoms. The van der Waals surface area contributed by atoms with Crippen LogP contribution in [0.4, 0.5) is 4.39 Å². The molecular formula is C24H34FIN4O3. The van der Waals surface area contributed by atoms with Crippen LogP contribution in [0.5, 0.6) is 11.5 Å². The van der Waals surface area contributed by atoms with Gasteiger partial charge in [0, 0.05) is 26.7 Å². The van der Waals surface area contributed by atoms with Gasteiger partial charge in [0.1, 0.15) is 5.82 Å². The Morgan fingerprint density at radius 2 is 1.48 bits per heavy atom. The Bertz CT molecular complexity index is 879. The van der Waals surface area contributed by atoms with Crippen molar-refractivity contribution in [1.82, 2.24) is 16.0 Å². The monoisotopic (exact) mass is 572 g/mol. The molecule has 0 saturated carbocycles. The van der Waals surface area contributed by atoms with Crippen LogP contribution in [0, 0.1) is 5.82 Å². The summed E-state index contributed by atoms with van der Waals surface area (Å²) in [5, 5.41) is 9.27. The molecule has 0 radical (unpaired) electrons. The average Bonchev–Trinajstić information content (AvgIpc) is 2.79. The standard InChI is InChI=1S/C24H33FN4O3.HI/c1-4-31-21-11-8-19(16-22(21)32-5-2)12-13-28-24(26-3)29-15-14-27-23(30)17-18-6-9-20(25)10-7-18;/h6-11,16H,4-5,12-15,17H2,1-3H3,(H,27,30)(H2,26,28,29);1H. The van der Waals surface area contributed by atoms with E-state index in [1.165, 1.54) is 12.1 Å². The van der Waals surface area contributed by atoms with Gasteiger partial charge in [-0.3, -0.25) is 9.79 Å². The summed E-state index contributed by atoms with van der Waals surface area (Å²) in [5.41, 5.74) is 1.91. The van der Waals surface area contributed by atoms with Crippen LogP contribution in [0.1, 0.15) is 25.0 Å². The number of benzene rings is 2. The molecule has 1 amide bonds. The number of nitrogens with zero attached hydrogens (tertiary/aromatic N) is 1. The molecule has 0 bridgehead atoms. The second kappa shape index (κ2) is 16.1. The predicted octanol–water partition coefficient (Wildman–Crippen LogP) is 3.31. The number of ether oxygens (including phenoxy) is 2. The summed E-state index contributed by atoms with van der Waals surface area (Å²) < 4.78 is 24.2. The Morgan fingerprint density at radius 3 is 2.15 bits per heavy atom. The van der Waals surface area contributed by atoms with E-state index in [4.69, 9.17) is 9.47 Å². The maximum atomic E-state index is 12.9.